The monoisotopic (exact) mass is 358 g/mol. The molecule has 4 rings (SSSR count). The van der Waals surface area contributed by atoms with E-state index in [2.05, 4.69) is 36.2 Å². The number of nitrogens with zero attached hydrogens (tertiary/aromatic N) is 4. The standard InChI is InChI=1S/C22H19FN4/c1-14-8-10-17(16(3)12-14)21-22(26-25-19-7-5-4-6-18(19)23)27-13-15(2)9-11-20(27)24-21/h4-13H,1-3H3. The molecule has 0 amide bonds. The van der Waals surface area contributed by atoms with Gasteiger partial charge in [-0.25, -0.2) is 9.37 Å². The number of imidazole rings is 1. The number of halogens is 1. The lowest BCUT2D eigenvalue weighted by Crippen LogP contribution is -1.86. The van der Waals surface area contributed by atoms with Crippen LogP contribution in [0.25, 0.3) is 16.9 Å². The fraction of sp³-hybridized carbons (Fsp3) is 0.136. The van der Waals surface area contributed by atoms with Crippen molar-refractivity contribution in [1.82, 2.24) is 9.38 Å². The molecule has 4 aromatic rings. The van der Waals surface area contributed by atoms with Crippen molar-refractivity contribution in [2.75, 3.05) is 0 Å². The van der Waals surface area contributed by atoms with E-state index in [0.29, 0.717) is 5.82 Å². The second-order valence-corrected chi connectivity index (χ2v) is 6.69. The normalized spacial score (nSPS) is 11.6. The molecule has 0 aliphatic heterocycles. The van der Waals surface area contributed by atoms with E-state index >= 15 is 0 Å². The molecular formula is C22H19FN4. The van der Waals surface area contributed by atoms with Crippen LogP contribution in [-0.4, -0.2) is 9.38 Å². The van der Waals surface area contributed by atoms with E-state index in [4.69, 9.17) is 4.98 Å². The SMILES string of the molecule is Cc1ccc(-c2nc3ccc(C)cn3c2N=Nc2ccccc2F)c(C)c1. The molecule has 5 heteroatoms. The fourth-order valence-electron chi connectivity index (χ4n) is 3.13. The Bertz CT molecular complexity index is 1170. The third-order valence-corrected chi connectivity index (χ3v) is 4.48. The Kier molecular flexibility index (Phi) is 4.28. The highest BCUT2D eigenvalue weighted by Crippen LogP contribution is 2.34. The third kappa shape index (κ3) is 3.24. The van der Waals surface area contributed by atoms with Crippen molar-refractivity contribution in [3.05, 3.63) is 83.3 Å². The number of hydrogen-bond acceptors (Lipinski definition) is 3. The smallest absolute Gasteiger partial charge is 0.187 e. The molecule has 0 radical (unpaired) electrons. The maximum Gasteiger partial charge on any atom is 0.187 e. The minimum absolute atomic E-state index is 0.201. The summed E-state index contributed by atoms with van der Waals surface area (Å²) in [6.07, 6.45) is 1.96. The van der Waals surface area contributed by atoms with Gasteiger partial charge < -0.3 is 0 Å². The number of hydrogen-bond donors (Lipinski definition) is 0. The second kappa shape index (κ2) is 6.76. The average Bonchev–Trinajstić information content (AvgIpc) is 2.98. The van der Waals surface area contributed by atoms with Gasteiger partial charge in [-0.1, -0.05) is 42.0 Å². The van der Waals surface area contributed by atoms with Gasteiger partial charge in [-0.2, -0.15) is 0 Å². The Morgan fingerprint density at radius 1 is 0.889 bits per heavy atom. The third-order valence-electron chi connectivity index (χ3n) is 4.48. The van der Waals surface area contributed by atoms with Gasteiger partial charge in [0.15, 0.2) is 11.6 Å². The van der Waals surface area contributed by atoms with Crippen LogP contribution in [0.4, 0.5) is 15.9 Å². The van der Waals surface area contributed by atoms with E-state index in [1.807, 2.05) is 35.7 Å². The Morgan fingerprint density at radius 2 is 1.67 bits per heavy atom. The zero-order valence-electron chi connectivity index (χ0n) is 15.4. The van der Waals surface area contributed by atoms with E-state index in [-0.39, 0.29) is 5.69 Å². The molecule has 0 atom stereocenters. The maximum atomic E-state index is 14.0. The van der Waals surface area contributed by atoms with Crippen molar-refractivity contribution in [3.8, 4) is 11.3 Å². The summed E-state index contributed by atoms with van der Waals surface area (Å²) in [5.41, 5.74) is 6.07. The molecule has 2 heterocycles. The highest BCUT2D eigenvalue weighted by Gasteiger charge is 2.16. The summed E-state index contributed by atoms with van der Waals surface area (Å²) >= 11 is 0. The van der Waals surface area contributed by atoms with Crippen LogP contribution in [0.5, 0.6) is 0 Å². The van der Waals surface area contributed by atoms with Crippen molar-refractivity contribution in [2.45, 2.75) is 20.8 Å². The molecule has 0 saturated carbocycles. The predicted octanol–water partition coefficient (Wildman–Crippen LogP) is 6.48. The molecule has 0 aliphatic rings. The first-order valence-electron chi connectivity index (χ1n) is 8.75. The highest BCUT2D eigenvalue weighted by atomic mass is 19.1. The summed E-state index contributed by atoms with van der Waals surface area (Å²) in [6, 6.07) is 16.5. The van der Waals surface area contributed by atoms with Crippen LogP contribution in [0.2, 0.25) is 0 Å². The quantitative estimate of drug-likeness (QED) is 0.386. The predicted molar refractivity (Wildman–Crippen MR) is 105 cm³/mol. The van der Waals surface area contributed by atoms with Crippen molar-refractivity contribution in [1.29, 1.82) is 0 Å². The summed E-state index contributed by atoms with van der Waals surface area (Å²) in [7, 11) is 0. The molecule has 0 unspecified atom stereocenters. The molecule has 4 nitrogen and oxygen atoms in total. The van der Waals surface area contributed by atoms with Gasteiger partial charge in [-0.3, -0.25) is 4.40 Å². The van der Waals surface area contributed by atoms with Gasteiger partial charge in [-0.15, -0.1) is 10.2 Å². The Hall–Kier alpha value is -3.34. The molecule has 0 fully saturated rings. The van der Waals surface area contributed by atoms with Crippen molar-refractivity contribution < 1.29 is 4.39 Å². The van der Waals surface area contributed by atoms with Gasteiger partial charge in [0.25, 0.3) is 0 Å². The van der Waals surface area contributed by atoms with E-state index in [9.17, 15) is 4.39 Å². The number of fused-ring (bicyclic) bond motifs is 1. The van der Waals surface area contributed by atoms with Gasteiger partial charge >= 0.3 is 0 Å². The minimum Gasteiger partial charge on any atom is -0.282 e. The zero-order valence-corrected chi connectivity index (χ0v) is 15.4. The van der Waals surface area contributed by atoms with Crippen LogP contribution < -0.4 is 0 Å². The number of azo groups is 1. The largest absolute Gasteiger partial charge is 0.282 e. The van der Waals surface area contributed by atoms with Crippen LogP contribution in [-0.2, 0) is 0 Å². The van der Waals surface area contributed by atoms with Gasteiger partial charge in [0.1, 0.15) is 17.0 Å². The van der Waals surface area contributed by atoms with Gasteiger partial charge in [0.2, 0.25) is 0 Å². The Morgan fingerprint density at radius 3 is 2.44 bits per heavy atom. The van der Waals surface area contributed by atoms with E-state index in [1.165, 1.54) is 11.6 Å². The van der Waals surface area contributed by atoms with Crippen molar-refractivity contribution in [2.24, 2.45) is 10.2 Å². The first-order valence-corrected chi connectivity index (χ1v) is 8.75. The van der Waals surface area contributed by atoms with Gasteiger partial charge in [0, 0.05) is 11.8 Å². The summed E-state index contributed by atoms with van der Waals surface area (Å²) in [6.45, 7) is 6.12. The van der Waals surface area contributed by atoms with Crippen molar-refractivity contribution in [3.63, 3.8) is 0 Å². The summed E-state index contributed by atoms with van der Waals surface area (Å²) in [5.74, 6) is 0.184. The molecule has 0 N–H and O–H groups in total. The maximum absolute atomic E-state index is 14.0. The first kappa shape index (κ1) is 17.1. The Labute approximate surface area is 157 Å². The lowest BCUT2D eigenvalue weighted by Gasteiger charge is -2.05. The van der Waals surface area contributed by atoms with E-state index in [1.54, 1.807) is 18.2 Å². The molecule has 2 aromatic heterocycles. The molecule has 0 bridgehead atoms. The van der Waals surface area contributed by atoms with Crippen LogP contribution in [0.3, 0.4) is 0 Å². The number of benzene rings is 2. The Balaban J connectivity index is 1.94. The number of aromatic nitrogens is 2. The lowest BCUT2D eigenvalue weighted by atomic mass is 10.0. The average molecular weight is 358 g/mol. The lowest BCUT2D eigenvalue weighted by molar-refractivity contribution is 0.628. The zero-order chi connectivity index (χ0) is 19.0. The van der Waals surface area contributed by atoms with Gasteiger partial charge in [-0.05, 0) is 50.1 Å². The van der Waals surface area contributed by atoms with Crippen LogP contribution in [0.15, 0.2) is 71.0 Å². The summed E-state index contributed by atoms with van der Waals surface area (Å²) in [4.78, 5) is 4.76. The highest BCUT2D eigenvalue weighted by molar-refractivity contribution is 5.77. The topological polar surface area (TPSA) is 42.0 Å². The molecule has 2 aromatic carbocycles. The van der Waals surface area contributed by atoms with Crippen molar-refractivity contribution >= 4 is 17.2 Å². The minimum atomic E-state index is -0.403. The molecule has 0 spiro atoms. The molecule has 134 valence electrons. The number of rotatable bonds is 3. The fourth-order valence-corrected chi connectivity index (χ4v) is 3.13. The van der Waals surface area contributed by atoms with Crippen LogP contribution in [0, 0.1) is 26.6 Å². The van der Waals surface area contributed by atoms with Crippen LogP contribution in [0.1, 0.15) is 16.7 Å². The molecule has 0 aliphatic carbocycles. The number of aryl methyl sites for hydroxylation is 3. The number of pyridine rings is 1. The van der Waals surface area contributed by atoms with Gasteiger partial charge in [0.05, 0.1) is 0 Å². The molecule has 27 heavy (non-hydrogen) atoms. The van der Waals surface area contributed by atoms with Crippen LogP contribution >= 0.6 is 0 Å². The molecular weight excluding hydrogens is 339 g/mol. The first-order chi connectivity index (χ1) is 13.0. The van der Waals surface area contributed by atoms with E-state index in [0.717, 1.165) is 28.0 Å². The summed E-state index contributed by atoms with van der Waals surface area (Å²) in [5, 5.41) is 8.54. The summed E-state index contributed by atoms with van der Waals surface area (Å²) < 4.78 is 15.8. The molecule has 0 saturated heterocycles. The van der Waals surface area contributed by atoms with E-state index < -0.39 is 5.82 Å². The second-order valence-electron chi connectivity index (χ2n) is 6.69.